The Morgan fingerprint density at radius 1 is 1.36 bits per heavy atom. The predicted molar refractivity (Wildman–Crippen MR) is 99.7 cm³/mol. The molecule has 0 spiro atoms. The van der Waals surface area contributed by atoms with Crippen LogP contribution in [0.4, 0.5) is 4.79 Å². The number of hydrogen-bond acceptors (Lipinski definition) is 8. The van der Waals surface area contributed by atoms with Crippen LogP contribution in [0.1, 0.15) is 31.7 Å². The van der Waals surface area contributed by atoms with Gasteiger partial charge in [-0.05, 0) is 33.3 Å². The number of aryl methyl sites for hydroxylation is 2. The van der Waals surface area contributed by atoms with Crippen molar-refractivity contribution in [2.75, 3.05) is 11.6 Å². The van der Waals surface area contributed by atoms with E-state index in [0.717, 1.165) is 23.1 Å². The summed E-state index contributed by atoms with van der Waals surface area (Å²) in [6, 6.07) is 1.21. The van der Waals surface area contributed by atoms with Crippen molar-refractivity contribution in [3.05, 3.63) is 17.5 Å². The Morgan fingerprint density at radius 3 is 2.64 bits per heavy atom. The van der Waals surface area contributed by atoms with Crippen molar-refractivity contribution in [3.8, 4) is 5.95 Å². The third-order valence-corrected chi connectivity index (χ3v) is 5.33. The Bertz CT molecular complexity index is 953. The Morgan fingerprint density at radius 2 is 2.07 bits per heavy atom. The molecule has 1 saturated heterocycles. The number of carbonyl (C=O) groups excluding carboxylic acids is 3. The number of hydrogen-bond donors (Lipinski definition) is 3. The first-order valence-corrected chi connectivity index (χ1v) is 9.48. The van der Waals surface area contributed by atoms with Crippen LogP contribution in [-0.2, 0) is 9.59 Å². The molecule has 0 aliphatic carbocycles. The lowest BCUT2D eigenvalue weighted by Crippen LogP contribution is -2.49. The van der Waals surface area contributed by atoms with Crippen LogP contribution < -0.4 is 16.6 Å². The van der Waals surface area contributed by atoms with Crippen molar-refractivity contribution in [2.24, 2.45) is 0 Å². The highest BCUT2D eigenvalue weighted by Gasteiger charge is 2.47. The second-order valence-corrected chi connectivity index (χ2v) is 7.51. The zero-order valence-corrected chi connectivity index (χ0v) is 16.7. The molecular weight excluding hydrogens is 386 g/mol. The third-order valence-electron chi connectivity index (χ3n) is 4.38. The molecule has 3 rings (SSSR count). The zero-order valence-electron chi connectivity index (χ0n) is 15.9. The first kappa shape index (κ1) is 19.7. The van der Waals surface area contributed by atoms with Crippen molar-refractivity contribution < 1.29 is 14.4 Å². The predicted octanol–water partition coefficient (Wildman–Crippen LogP) is -0.362. The van der Waals surface area contributed by atoms with Crippen LogP contribution in [0.5, 0.6) is 0 Å². The van der Waals surface area contributed by atoms with Crippen LogP contribution in [0.15, 0.2) is 11.2 Å². The van der Waals surface area contributed by atoms with Crippen LogP contribution >= 0.6 is 11.8 Å². The van der Waals surface area contributed by atoms with Crippen LogP contribution in [-0.4, -0.2) is 58.8 Å². The van der Waals surface area contributed by atoms with Gasteiger partial charge < -0.3 is 11.2 Å². The van der Waals surface area contributed by atoms with E-state index in [0.29, 0.717) is 17.4 Å². The summed E-state index contributed by atoms with van der Waals surface area (Å²) in [5.74, 6) is 5.14. The van der Waals surface area contributed by atoms with Crippen LogP contribution in [0.25, 0.3) is 5.95 Å². The molecule has 150 valence electrons. The van der Waals surface area contributed by atoms with Crippen molar-refractivity contribution >= 4 is 29.6 Å². The number of nitrogen functional groups attached to an aromatic ring is 1. The fourth-order valence-corrected chi connectivity index (χ4v) is 3.30. The summed E-state index contributed by atoms with van der Waals surface area (Å²) in [5.41, 5.74) is 2.92. The molecule has 4 N–H and O–H groups in total. The maximum atomic E-state index is 12.3. The molecule has 0 saturated carbocycles. The van der Waals surface area contributed by atoms with E-state index in [-0.39, 0.29) is 10.9 Å². The molecule has 2 aromatic rings. The number of thioether (sulfide) groups is 1. The average molecular weight is 407 g/mol. The molecule has 1 fully saturated rings. The third kappa shape index (κ3) is 3.40. The number of hydrazine groups is 1. The molecule has 0 bridgehead atoms. The molecule has 12 nitrogen and oxygen atoms in total. The van der Waals surface area contributed by atoms with E-state index in [2.05, 4.69) is 26.0 Å². The van der Waals surface area contributed by atoms with E-state index in [1.165, 1.54) is 4.68 Å². The SMILES string of the molecule is CCC1(C)NC(=O)N(NC(=O)CSc2nnc(-n3nc(C)cc3C)n2N)C1=O. The fourth-order valence-electron chi connectivity index (χ4n) is 2.66. The molecule has 3 heterocycles. The number of carbonyl (C=O) groups is 3. The van der Waals surface area contributed by atoms with Gasteiger partial charge in [-0.1, -0.05) is 18.7 Å². The molecular formula is C15H21N9O3S. The van der Waals surface area contributed by atoms with Gasteiger partial charge >= 0.3 is 6.03 Å². The standard InChI is InChI=1S/C15H21N9O3S/c1-5-15(4)11(26)24(13(27)17-15)21-10(25)7-28-14-19-18-12(22(14)16)23-9(3)6-8(2)20-23/h6H,5,7,16H2,1-4H3,(H,17,27)(H,21,25). The summed E-state index contributed by atoms with van der Waals surface area (Å²) < 4.78 is 2.77. The Kier molecular flexibility index (Phi) is 5.02. The highest BCUT2D eigenvalue weighted by Crippen LogP contribution is 2.20. The number of rotatable bonds is 6. The minimum atomic E-state index is -1.02. The number of aromatic nitrogens is 5. The van der Waals surface area contributed by atoms with Crippen molar-refractivity contribution in [1.82, 2.24) is 40.4 Å². The largest absolute Gasteiger partial charge is 0.344 e. The van der Waals surface area contributed by atoms with Gasteiger partial charge in [-0.15, -0.1) is 10.2 Å². The molecule has 4 amide bonds. The van der Waals surface area contributed by atoms with E-state index in [4.69, 9.17) is 5.84 Å². The zero-order chi connectivity index (χ0) is 20.6. The van der Waals surface area contributed by atoms with E-state index < -0.39 is 23.4 Å². The Hall–Kier alpha value is -3.09. The molecule has 13 heteroatoms. The number of urea groups is 1. The molecule has 28 heavy (non-hydrogen) atoms. The Labute approximate surface area is 164 Å². The maximum Gasteiger partial charge on any atom is 0.344 e. The molecule has 2 aromatic heterocycles. The summed E-state index contributed by atoms with van der Waals surface area (Å²) in [7, 11) is 0. The number of nitrogens with zero attached hydrogens (tertiary/aromatic N) is 6. The van der Waals surface area contributed by atoms with E-state index >= 15 is 0 Å². The first-order chi connectivity index (χ1) is 13.2. The van der Waals surface area contributed by atoms with Gasteiger partial charge in [0, 0.05) is 5.69 Å². The van der Waals surface area contributed by atoms with E-state index in [1.54, 1.807) is 18.5 Å². The topological polar surface area (TPSA) is 153 Å². The molecule has 1 unspecified atom stereocenters. The normalized spacial score (nSPS) is 19.2. The molecule has 0 aromatic carbocycles. The number of amides is 4. The number of imide groups is 1. The summed E-state index contributed by atoms with van der Waals surface area (Å²) >= 11 is 1.02. The lowest BCUT2D eigenvalue weighted by atomic mass is 10.00. The van der Waals surface area contributed by atoms with E-state index in [1.807, 2.05) is 19.9 Å². The minimum absolute atomic E-state index is 0.119. The van der Waals surface area contributed by atoms with Gasteiger partial charge in [-0.2, -0.15) is 10.1 Å². The van der Waals surface area contributed by atoms with Crippen molar-refractivity contribution in [1.29, 1.82) is 0 Å². The van der Waals surface area contributed by atoms with Crippen LogP contribution in [0.2, 0.25) is 0 Å². The first-order valence-electron chi connectivity index (χ1n) is 8.49. The van der Waals surface area contributed by atoms with Gasteiger partial charge in [-0.3, -0.25) is 15.0 Å². The summed E-state index contributed by atoms with van der Waals surface area (Å²) in [6.07, 6.45) is 0.407. The number of nitrogens with two attached hydrogens (primary N) is 1. The highest BCUT2D eigenvalue weighted by atomic mass is 32.2. The smallest absolute Gasteiger partial charge is 0.334 e. The second-order valence-electron chi connectivity index (χ2n) is 6.57. The van der Waals surface area contributed by atoms with Crippen LogP contribution in [0, 0.1) is 13.8 Å². The molecule has 1 aliphatic rings. The molecule has 0 radical (unpaired) electrons. The molecule has 1 aliphatic heterocycles. The van der Waals surface area contributed by atoms with Crippen molar-refractivity contribution in [2.45, 2.75) is 44.8 Å². The van der Waals surface area contributed by atoms with Crippen molar-refractivity contribution in [3.63, 3.8) is 0 Å². The van der Waals surface area contributed by atoms with Crippen LogP contribution in [0.3, 0.4) is 0 Å². The van der Waals surface area contributed by atoms with Gasteiger partial charge in [0.1, 0.15) is 5.54 Å². The van der Waals surface area contributed by atoms with Gasteiger partial charge in [0.2, 0.25) is 11.1 Å². The minimum Gasteiger partial charge on any atom is -0.334 e. The maximum absolute atomic E-state index is 12.3. The Balaban J connectivity index is 1.64. The summed E-state index contributed by atoms with van der Waals surface area (Å²) in [6.45, 7) is 7.08. The second kappa shape index (κ2) is 7.14. The molecule has 1 atom stereocenters. The lowest BCUT2D eigenvalue weighted by Gasteiger charge is -2.19. The van der Waals surface area contributed by atoms with Gasteiger partial charge in [0.15, 0.2) is 0 Å². The van der Waals surface area contributed by atoms with Gasteiger partial charge in [0.25, 0.3) is 11.9 Å². The summed E-state index contributed by atoms with van der Waals surface area (Å²) in [4.78, 5) is 36.4. The summed E-state index contributed by atoms with van der Waals surface area (Å²) in [5, 5.41) is 15.8. The number of nitrogens with one attached hydrogen (secondary N) is 2. The van der Waals surface area contributed by atoms with Gasteiger partial charge in [0.05, 0.1) is 11.4 Å². The highest BCUT2D eigenvalue weighted by molar-refractivity contribution is 7.99. The fraction of sp³-hybridized carbons (Fsp3) is 0.467. The quantitative estimate of drug-likeness (QED) is 0.333. The lowest BCUT2D eigenvalue weighted by molar-refractivity contribution is -0.137. The average Bonchev–Trinajstić information content (AvgIpc) is 3.23. The van der Waals surface area contributed by atoms with E-state index in [9.17, 15) is 14.4 Å². The van der Waals surface area contributed by atoms with Gasteiger partial charge in [-0.25, -0.2) is 14.2 Å². The monoisotopic (exact) mass is 407 g/mol.